The van der Waals surface area contributed by atoms with Crippen LogP contribution in [0.4, 0.5) is 0 Å². The Labute approximate surface area is 120 Å². The van der Waals surface area contributed by atoms with Crippen LogP contribution in [0.15, 0.2) is 0 Å². The molecule has 0 amide bonds. The summed E-state index contributed by atoms with van der Waals surface area (Å²) >= 11 is 0. The van der Waals surface area contributed by atoms with Crippen molar-refractivity contribution < 1.29 is 9.47 Å². The predicted molar refractivity (Wildman–Crippen MR) is 83.7 cm³/mol. The molecule has 19 heavy (non-hydrogen) atoms. The van der Waals surface area contributed by atoms with Crippen molar-refractivity contribution in [2.75, 3.05) is 6.61 Å². The Balaban J connectivity index is 2.97. The van der Waals surface area contributed by atoms with Crippen LogP contribution in [0.5, 0.6) is 0 Å². The Morgan fingerprint density at radius 2 is 1.47 bits per heavy atom. The highest BCUT2D eigenvalue weighted by Crippen LogP contribution is 2.40. The molecule has 2 nitrogen and oxygen atoms in total. The summed E-state index contributed by atoms with van der Waals surface area (Å²) in [5.74, 6) is 2.91. The summed E-state index contributed by atoms with van der Waals surface area (Å²) in [7, 11) is -1.64. The molecule has 0 aliphatic carbocycles. The molecule has 0 spiro atoms. The van der Waals surface area contributed by atoms with Gasteiger partial charge in [0.1, 0.15) is 14.2 Å². The van der Waals surface area contributed by atoms with Crippen LogP contribution in [0.25, 0.3) is 0 Å². The van der Waals surface area contributed by atoms with Crippen LogP contribution >= 0.6 is 0 Å². The van der Waals surface area contributed by atoms with E-state index in [-0.39, 0.29) is 6.10 Å². The summed E-state index contributed by atoms with van der Waals surface area (Å²) in [5, 5.41) is 0. The van der Waals surface area contributed by atoms with Crippen LogP contribution in [0.2, 0.25) is 16.6 Å². The highest BCUT2D eigenvalue weighted by molar-refractivity contribution is 6.90. The fourth-order valence-electron chi connectivity index (χ4n) is 3.40. The first-order chi connectivity index (χ1) is 8.62. The molecule has 0 radical (unpaired) electrons. The molecule has 0 aromatic heterocycles. The van der Waals surface area contributed by atoms with Gasteiger partial charge in [0.25, 0.3) is 0 Å². The average molecular weight is 282 g/mol. The molecule has 1 rings (SSSR count). The fraction of sp³-hybridized carbons (Fsp3) is 0.875. The van der Waals surface area contributed by atoms with Gasteiger partial charge >= 0.3 is 0 Å². The molecule has 1 heterocycles. The lowest BCUT2D eigenvalue weighted by Gasteiger charge is -2.38. The summed E-state index contributed by atoms with van der Waals surface area (Å²) in [4.78, 5) is 0. The summed E-state index contributed by atoms with van der Waals surface area (Å²) < 4.78 is 11.4. The van der Waals surface area contributed by atoms with Gasteiger partial charge in [-0.1, -0.05) is 47.5 Å². The molecule has 0 aromatic rings. The van der Waals surface area contributed by atoms with Gasteiger partial charge in [0.15, 0.2) is 5.79 Å². The highest BCUT2D eigenvalue weighted by Gasteiger charge is 2.42. The molecule has 110 valence electrons. The van der Waals surface area contributed by atoms with Gasteiger partial charge in [-0.3, -0.25) is 0 Å². The fourth-order valence-corrected chi connectivity index (χ4v) is 8.67. The second-order valence-corrected chi connectivity index (χ2v) is 12.6. The van der Waals surface area contributed by atoms with Crippen molar-refractivity contribution >= 4 is 8.07 Å². The molecule has 0 bridgehead atoms. The molecular weight excluding hydrogens is 252 g/mol. The highest BCUT2D eigenvalue weighted by atomic mass is 28.3. The van der Waals surface area contributed by atoms with Crippen LogP contribution in [0.3, 0.4) is 0 Å². The number of hydrogen-bond acceptors (Lipinski definition) is 2. The Morgan fingerprint density at radius 1 is 1.00 bits per heavy atom. The second kappa shape index (κ2) is 5.99. The average Bonchev–Trinajstić information content (AvgIpc) is 2.57. The minimum Gasteiger partial charge on any atom is -0.347 e. The van der Waals surface area contributed by atoms with E-state index in [4.69, 9.17) is 9.47 Å². The topological polar surface area (TPSA) is 18.5 Å². The van der Waals surface area contributed by atoms with Crippen LogP contribution in [0, 0.1) is 11.5 Å². The van der Waals surface area contributed by atoms with Crippen LogP contribution in [0.1, 0.15) is 55.4 Å². The maximum atomic E-state index is 5.81. The molecule has 1 saturated heterocycles. The molecule has 0 saturated carbocycles. The largest absolute Gasteiger partial charge is 0.347 e. The van der Waals surface area contributed by atoms with E-state index in [2.05, 4.69) is 53.0 Å². The summed E-state index contributed by atoms with van der Waals surface area (Å²) in [6.45, 7) is 18.5. The molecule has 1 aliphatic rings. The van der Waals surface area contributed by atoms with E-state index in [0.717, 1.165) is 0 Å². The number of rotatable bonds is 3. The van der Waals surface area contributed by atoms with Gasteiger partial charge in [0.2, 0.25) is 0 Å². The van der Waals surface area contributed by atoms with Gasteiger partial charge in [0, 0.05) is 0 Å². The van der Waals surface area contributed by atoms with Gasteiger partial charge in [-0.15, -0.1) is 5.54 Å². The lowest BCUT2D eigenvalue weighted by molar-refractivity contribution is -0.132. The minimum absolute atomic E-state index is 0.0573. The first-order valence-electron chi connectivity index (χ1n) is 7.46. The third-order valence-corrected chi connectivity index (χ3v) is 10.6. The van der Waals surface area contributed by atoms with E-state index in [1.165, 1.54) is 0 Å². The Hall–Kier alpha value is -0.303. The molecule has 1 atom stereocenters. The van der Waals surface area contributed by atoms with Crippen molar-refractivity contribution in [3.8, 4) is 11.5 Å². The van der Waals surface area contributed by atoms with Crippen molar-refractivity contribution in [1.29, 1.82) is 0 Å². The third-order valence-electron chi connectivity index (χ3n) is 4.32. The van der Waals surface area contributed by atoms with Gasteiger partial charge in [-0.2, -0.15) is 0 Å². The maximum absolute atomic E-state index is 5.81. The lowest BCUT2D eigenvalue weighted by atomic mass is 10.4. The van der Waals surface area contributed by atoms with Crippen LogP contribution in [-0.4, -0.2) is 26.6 Å². The van der Waals surface area contributed by atoms with Crippen molar-refractivity contribution in [3.05, 3.63) is 0 Å². The zero-order valence-electron chi connectivity index (χ0n) is 13.8. The summed E-state index contributed by atoms with van der Waals surface area (Å²) in [5.41, 5.74) is 5.68. The first kappa shape index (κ1) is 16.8. The van der Waals surface area contributed by atoms with E-state index in [1.54, 1.807) is 0 Å². The Morgan fingerprint density at radius 3 is 1.79 bits per heavy atom. The Kier molecular flexibility index (Phi) is 5.28. The van der Waals surface area contributed by atoms with Crippen LogP contribution < -0.4 is 0 Å². The SMILES string of the molecule is CC(C)[Si](C#C[C@@H]1COC(C)(C)O1)(C(C)C)C(C)C. The van der Waals surface area contributed by atoms with Crippen molar-refractivity contribution in [3.63, 3.8) is 0 Å². The molecule has 0 aromatic carbocycles. The van der Waals surface area contributed by atoms with Crippen LogP contribution in [-0.2, 0) is 9.47 Å². The van der Waals surface area contributed by atoms with E-state index < -0.39 is 13.9 Å². The standard InChI is InChI=1S/C16H30O2Si/c1-12(2)19(13(3)4,14(5)6)10-9-15-11-17-16(7,8)18-15/h12-15H,11H2,1-8H3/t15-/m1/s1. The van der Waals surface area contributed by atoms with Crippen molar-refractivity contribution in [1.82, 2.24) is 0 Å². The zero-order valence-corrected chi connectivity index (χ0v) is 14.8. The van der Waals surface area contributed by atoms with Crippen molar-refractivity contribution in [2.24, 2.45) is 0 Å². The van der Waals surface area contributed by atoms with Gasteiger partial charge < -0.3 is 9.47 Å². The maximum Gasteiger partial charge on any atom is 0.164 e. The van der Waals surface area contributed by atoms with E-state index in [1.807, 2.05) is 13.8 Å². The second-order valence-electron chi connectivity index (χ2n) is 6.98. The van der Waals surface area contributed by atoms with E-state index >= 15 is 0 Å². The lowest BCUT2D eigenvalue weighted by Crippen LogP contribution is -2.43. The molecule has 0 N–H and O–H groups in total. The summed E-state index contributed by atoms with van der Waals surface area (Å²) in [6, 6.07) is 0. The van der Waals surface area contributed by atoms with Gasteiger partial charge in [-0.25, -0.2) is 0 Å². The predicted octanol–water partition coefficient (Wildman–Crippen LogP) is 4.36. The van der Waals surface area contributed by atoms with Gasteiger partial charge in [-0.05, 0) is 30.5 Å². The smallest absolute Gasteiger partial charge is 0.164 e. The first-order valence-corrected chi connectivity index (χ1v) is 9.69. The Bertz CT molecular complexity index is 339. The number of ether oxygens (including phenoxy) is 2. The molecule has 1 fully saturated rings. The monoisotopic (exact) mass is 282 g/mol. The quantitative estimate of drug-likeness (QED) is 0.565. The minimum atomic E-state index is -1.64. The zero-order chi connectivity index (χ0) is 14.8. The third kappa shape index (κ3) is 3.62. The van der Waals surface area contributed by atoms with E-state index in [9.17, 15) is 0 Å². The molecule has 0 unspecified atom stereocenters. The van der Waals surface area contributed by atoms with Gasteiger partial charge in [0.05, 0.1) is 6.61 Å². The normalized spacial score (nSPS) is 23.0. The molecule has 3 heteroatoms. The molecule has 1 aliphatic heterocycles. The van der Waals surface area contributed by atoms with Crippen molar-refractivity contribution in [2.45, 2.75) is 83.9 Å². The molecular formula is C16H30O2Si. The van der Waals surface area contributed by atoms with E-state index in [0.29, 0.717) is 23.2 Å². The number of hydrogen-bond donors (Lipinski definition) is 0. The summed E-state index contributed by atoms with van der Waals surface area (Å²) in [6.07, 6.45) is -0.0573.